The van der Waals surface area contributed by atoms with E-state index >= 15 is 4.39 Å². The molecule has 14 heteroatoms. The van der Waals surface area contributed by atoms with Gasteiger partial charge in [-0.15, -0.1) is 11.3 Å². The molecule has 3 aliphatic heterocycles. The molecule has 3 fully saturated rings. The third kappa shape index (κ3) is 5.32. The first-order valence-electron chi connectivity index (χ1n) is 15.0. The van der Waals surface area contributed by atoms with Gasteiger partial charge in [-0.25, -0.2) is 13.2 Å². The number of amides is 1. The monoisotopic (exact) mass is 667 g/mol. The van der Waals surface area contributed by atoms with Gasteiger partial charge in [-0.05, 0) is 31.5 Å². The molecule has 7 rings (SSSR count). The number of rotatable bonds is 7. The topological polar surface area (TPSA) is 98.5 Å². The number of anilines is 1. The number of nitriles is 1. The highest BCUT2D eigenvalue weighted by Gasteiger charge is 2.49. The number of fused-ring (bicyclic) bond motifs is 3. The van der Waals surface area contributed by atoms with Crippen molar-refractivity contribution in [2.24, 2.45) is 0 Å². The number of halogens is 4. The predicted molar refractivity (Wildman–Crippen MR) is 170 cm³/mol. The van der Waals surface area contributed by atoms with E-state index in [9.17, 15) is 18.8 Å². The Labute approximate surface area is 271 Å². The van der Waals surface area contributed by atoms with Gasteiger partial charge in [0.25, 0.3) is 5.91 Å². The number of pyridine rings is 1. The van der Waals surface area contributed by atoms with Gasteiger partial charge in [-0.1, -0.05) is 30.3 Å². The van der Waals surface area contributed by atoms with Crippen molar-refractivity contribution in [1.29, 1.82) is 5.26 Å². The highest BCUT2D eigenvalue weighted by molar-refractivity contribution is 7.22. The smallest absolute Gasteiger partial charge is 0.319 e. The highest BCUT2D eigenvalue weighted by Crippen LogP contribution is 2.42. The van der Waals surface area contributed by atoms with Crippen LogP contribution in [0, 0.1) is 17.1 Å². The zero-order valence-electron chi connectivity index (χ0n) is 24.7. The summed E-state index contributed by atoms with van der Waals surface area (Å²) in [4.78, 5) is 31.4. The third-order valence-corrected chi connectivity index (χ3v) is 10.5. The van der Waals surface area contributed by atoms with Crippen LogP contribution in [0.4, 0.5) is 19.0 Å². The van der Waals surface area contributed by atoms with Crippen molar-refractivity contribution in [1.82, 2.24) is 24.8 Å². The molecule has 0 radical (unpaired) electrons. The van der Waals surface area contributed by atoms with Crippen LogP contribution in [0.3, 0.4) is 0 Å². The van der Waals surface area contributed by atoms with Crippen LogP contribution in [0.5, 0.6) is 6.01 Å². The minimum Gasteiger partial charge on any atom is -0.461 e. The van der Waals surface area contributed by atoms with Gasteiger partial charge in [0.05, 0.1) is 33.8 Å². The van der Waals surface area contributed by atoms with Crippen molar-refractivity contribution in [3.63, 3.8) is 0 Å². The first-order valence-corrected chi connectivity index (χ1v) is 16.2. The van der Waals surface area contributed by atoms with Crippen LogP contribution in [0.15, 0.2) is 42.9 Å². The summed E-state index contributed by atoms with van der Waals surface area (Å²) >= 11 is 7.67. The Morgan fingerprint density at radius 2 is 2.09 bits per heavy atom. The second-order valence-corrected chi connectivity index (χ2v) is 13.7. The van der Waals surface area contributed by atoms with Gasteiger partial charge < -0.3 is 14.5 Å². The van der Waals surface area contributed by atoms with Crippen molar-refractivity contribution >= 4 is 55.7 Å². The molecule has 238 valence electrons. The molecule has 1 unspecified atom stereocenters. The summed E-state index contributed by atoms with van der Waals surface area (Å²) in [6.07, 6.45) is 2.53. The molecule has 0 aliphatic carbocycles. The number of alkyl halides is 1. The average Bonchev–Trinajstić information content (AvgIpc) is 3.70. The quantitative estimate of drug-likeness (QED) is 0.219. The fraction of sp³-hybridized carbons (Fsp3) is 0.406. The Morgan fingerprint density at radius 3 is 2.89 bits per heavy atom. The lowest BCUT2D eigenvalue weighted by Gasteiger charge is -2.41. The molecule has 9 nitrogen and oxygen atoms in total. The zero-order valence-corrected chi connectivity index (χ0v) is 26.3. The van der Waals surface area contributed by atoms with Crippen molar-refractivity contribution in [2.45, 2.75) is 43.4 Å². The number of hydrogen-bond acceptors (Lipinski definition) is 9. The second-order valence-electron chi connectivity index (χ2n) is 12.0. The van der Waals surface area contributed by atoms with Crippen molar-refractivity contribution < 1.29 is 22.7 Å². The fourth-order valence-corrected chi connectivity index (χ4v) is 8.32. The Hall–Kier alpha value is -3.99. The van der Waals surface area contributed by atoms with Crippen LogP contribution >= 0.6 is 22.9 Å². The lowest BCUT2D eigenvalue weighted by molar-refractivity contribution is -0.131. The second kappa shape index (κ2) is 12.0. The van der Waals surface area contributed by atoms with E-state index < -0.39 is 35.3 Å². The lowest BCUT2D eigenvalue weighted by Crippen LogP contribution is -2.55. The molecule has 4 aromatic rings. The van der Waals surface area contributed by atoms with Gasteiger partial charge in [0.15, 0.2) is 11.6 Å². The summed E-state index contributed by atoms with van der Waals surface area (Å²) in [7, 11) is 0. The molecule has 6 heterocycles. The molecule has 3 saturated heterocycles. The first-order chi connectivity index (χ1) is 22.2. The number of aromatic nitrogens is 3. The minimum absolute atomic E-state index is 0.0219. The van der Waals surface area contributed by atoms with Crippen LogP contribution in [0.2, 0.25) is 4.34 Å². The maximum absolute atomic E-state index is 16.6. The standard InChI is InChI=1S/C32H29ClF3N7O2S/c1-18(34)30(44)43-11-10-41(16-20(43)6-8-37)29-23-14-38-27(21-4-2-5-24-22(21)12-25(33)46-24)26(36)28(23)39-31(40-29)45-17-32-7-3-9-42(32)15-19(35)13-32/h2,4-5,12,14,19-20H,1,3,6-7,9-11,13,15-17H2/t19-,20+,32?/m1/s1. The Balaban J connectivity index is 1.31. The molecule has 3 atom stereocenters. The molecule has 3 aliphatic rings. The molecular weight excluding hydrogens is 639 g/mol. The minimum atomic E-state index is -1.11. The number of hydrogen-bond donors (Lipinski definition) is 0. The van der Waals surface area contributed by atoms with Crippen LogP contribution in [0.1, 0.15) is 25.7 Å². The Kier molecular flexibility index (Phi) is 7.99. The summed E-state index contributed by atoms with van der Waals surface area (Å²) < 4.78 is 52.5. The molecule has 46 heavy (non-hydrogen) atoms. The van der Waals surface area contributed by atoms with E-state index in [0.717, 1.165) is 29.5 Å². The number of piperazine rings is 1. The van der Waals surface area contributed by atoms with Crippen LogP contribution in [-0.4, -0.2) is 87.7 Å². The van der Waals surface area contributed by atoms with Crippen LogP contribution in [-0.2, 0) is 4.79 Å². The lowest BCUT2D eigenvalue weighted by atomic mass is 9.95. The Morgan fingerprint density at radius 1 is 1.24 bits per heavy atom. The highest BCUT2D eigenvalue weighted by atomic mass is 35.5. The molecule has 1 amide bonds. The number of carbonyl (C=O) groups excluding carboxylic acids is 1. The Bertz CT molecular complexity index is 1920. The van der Waals surface area contributed by atoms with E-state index in [2.05, 4.69) is 27.5 Å². The largest absolute Gasteiger partial charge is 0.461 e. The van der Waals surface area contributed by atoms with Gasteiger partial charge >= 0.3 is 6.01 Å². The predicted octanol–water partition coefficient (Wildman–Crippen LogP) is 6.07. The summed E-state index contributed by atoms with van der Waals surface area (Å²) in [6.45, 7) is 4.81. The average molecular weight is 668 g/mol. The van der Waals surface area contributed by atoms with Gasteiger partial charge in [0.2, 0.25) is 0 Å². The van der Waals surface area contributed by atoms with Gasteiger partial charge in [-0.3, -0.25) is 14.7 Å². The third-order valence-electron chi connectivity index (χ3n) is 9.26. The van der Waals surface area contributed by atoms with E-state index in [0.29, 0.717) is 34.1 Å². The van der Waals surface area contributed by atoms with Crippen molar-refractivity contribution in [3.05, 3.63) is 53.0 Å². The van der Waals surface area contributed by atoms with E-state index in [1.54, 1.807) is 17.0 Å². The molecule has 0 bridgehead atoms. The number of ether oxygens (including phenoxy) is 1. The summed E-state index contributed by atoms with van der Waals surface area (Å²) in [5, 5.41) is 10.5. The molecule has 1 aromatic carbocycles. The first kappa shape index (κ1) is 30.7. The normalized spacial score (nSPS) is 23.2. The van der Waals surface area contributed by atoms with Gasteiger partial charge in [-0.2, -0.15) is 15.2 Å². The van der Waals surface area contributed by atoms with E-state index in [4.69, 9.17) is 21.3 Å². The summed E-state index contributed by atoms with van der Waals surface area (Å²) in [6, 6.07) is 8.57. The van der Waals surface area contributed by atoms with E-state index in [1.165, 1.54) is 22.4 Å². The zero-order chi connectivity index (χ0) is 32.2. The van der Waals surface area contributed by atoms with Crippen LogP contribution < -0.4 is 9.64 Å². The maximum atomic E-state index is 16.6. The number of thiophene rings is 1. The number of carbonyl (C=O) groups is 1. The number of nitrogens with zero attached hydrogens (tertiary/aromatic N) is 7. The molecule has 0 saturated carbocycles. The summed E-state index contributed by atoms with van der Waals surface area (Å²) in [5.74, 6) is -2.36. The van der Waals surface area contributed by atoms with Crippen LogP contribution in [0.25, 0.3) is 32.2 Å². The van der Waals surface area contributed by atoms with Gasteiger partial charge in [0.1, 0.15) is 29.8 Å². The van der Waals surface area contributed by atoms with E-state index in [-0.39, 0.29) is 49.9 Å². The summed E-state index contributed by atoms with van der Waals surface area (Å²) in [5.41, 5.74) is 0.132. The van der Waals surface area contributed by atoms with E-state index in [1.807, 2.05) is 12.1 Å². The van der Waals surface area contributed by atoms with Crippen molar-refractivity contribution in [3.8, 4) is 23.3 Å². The fourth-order valence-electron chi connectivity index (χ4n) is 7.15. The molecule has 0 N–H and O–H groups in total. The molecule has 0 spiro atoms. The molecule has 3 aromatic heterocycles. The molecular formula is C32H29ClF3N7O2S. The van der Waals surface area contributed by atoms with Gasteiger partial charge in [0, 0.05) is 54.4 Å². The maximum Gasteiger partial charge on any atom is 0.319 e. The number of benzene rings is 1. The van der Waals surface area contributed by atoms with Crippen molar-refractivity contribution in [2.75, 3.05) is 44.2 Å². The SMILES string of the molecule is C=C(F)C(=O)N1CCN(c2nc(OCC34CCCN3C[C@H](F)C4)nc3c(F)c(-c4cccc5sc(Cl)cc45)ncc23)C[C@@H]1CC#N.